The molecule has 5 nitrogen and oxygen atoms in total. The van der Waals surface area contributed by atoms with Gasteiger partial charge in [-0.15, -0.1) is 4.53 Å². The Kier molecular flexibility index (Phi) is 7.96. The zero-order valence-corrected chi connectivity index (χ0v) is 17.3. The maximum Gasteiger partial charge on any atom is 0.182 e. The van der Waals surface area contributed by atoms with Gasteiger partial charge in [-0.3, -0.25) is 5.21 Å². The van der Waals surface area contributed by atoms with Crippen LogP contribution in [0.15, 0.2) is 56.2 Å². The number of sulfone groups is 1. The largest absolute Gasteiger partial charge is 0.261 e. The Bertz CT molecular complexity index is 882. The third kappa shape index (κ3) is 4.75. The van der Waals surface area contributed by atoms with E-state index >= 15 is 0 Å². The van der Waals surface area contributed by atoms with Crippen molar-refractivity contribution < 1.29 is 13.6 Å². The van der Waals surface area contributed by atoms with Crippen LogP contribution in [0.2, 0.25) is 0 Å². The highest BCUT2D eigenvalue weighted by atomic mass is 32.2. The molecule has 1 heterocycles. The monoisotopic (exact) mass is 406 g/mol. The highest BCUT2D eigenvalue weighted by molar-refractivity contribution is 7.99. The molecule has 7 heteroatoms. The molecule has 0 aromatic heterocycles. The quantitative estimate of drug-likeness (QED) is 0.584. The molecule has 3 unspecified atom stereocenters. The summed E-state index contributed by atoms with van der Waals surface area (Å²) in [5.41, 5.74) is 0.702. The first-order chi connectivity index (χ1) is 13.0. The van der Waals surface area contributed by atoms with Crippen LogP contribution in [0.3, 0.4) is 0 Å². The Morgan fingerprint density at radius 2 is 1.89 bits per heavy atom. The van der Waals surface area contributed by atoms with Crippen molar-refractivity contribution in [2.45, 2.75) is 57.1 Å². The van der Waals surface area contributed by atoms with E-state index < -0.39 is 31.7 Å². The SMILES string of the molecule is CCCCC(CCC)S(=O)(=O)C1=C(C(C#N)c2ccccc2)S(=NO)C=C1. The van der Waals surface area contributed by atoms with Gasteiger partial charge in [0.15, 0.2) is 9.84 Å². The molecular formula is C20H26N2O3S2. The fourth-order valence-corrected chi connectivity index (χ4v) is 7.26. The molecule has 146 valence electrons. The van der Waals surface area contributed by atoms with Crippen molar-refractivity contribution in [2.24, 2.45) is 4.53 Å². The van der Waals surface area contributed by atoms with Crippen LogP contribution in [0.5, 0.6) is 0 Å². The molecule has 0 saturated carbocycles. The van der Waals surface area contributed by atoms with Crippen molar-refractivity contribution in [1.29, 1.82) is 5.26 Å². The first kappa shape index (κ1) is 21.5. The number of hydrogen-bond acceptors (Lipinski definition) is 4. The van der Waals surface area contributed by atoms with Gasteiger partial charge in [0.1, 0.15) is 5.92 Å². The molecule has 0 radical (unpaired) electrons. The van der Waals surface area contributed by atoms with Crippen molar-refractivity contribution in [3.8, 4) is 6.07 Å². The summed E-state index contributed by atoms with van der Waals surface area (Å²) in [4.78, 5) is 0.539. The molecule has 0 fully saturated rings. The average molecular weight is 407 g/mol. The van der Waals surface area contributed by atoms with Gasteiger partial charge in [-0.1, -0.05) is 63.4 Å². The molecule has 0 bridgehead atoms. The van der Waals surface area contributed by atoms with Crippen LogP contribution in [-0.2, 0) is 20.5 Å². The number of unbranched alkanes of at least 4 members (excludes halogenated alkanes) is 1. The lowest BCUT2D eigenvalue weighted by Crippen LogP contribution is -2.23. The van der Waals surface area contributed by atoms with Gasteiger partial charge in [0.05, 0.1) is 16.2 Å². The summed E-state index contributed by atoms with van der Waals surface area (Å²) in [6, 6.07) is 11.3. The second-order valence-corrected chi connectivity index (χ2v) is 10.2. The van der Waals surface area contributed by atoms with E-state index in [0.717, 1.165) is 19.3 Å². The Hall–Kier alpha value is -1.75. The molecule has 27 heavy (non-hydrogen) atoms. The van der Waals surface area contributed by atoms with E-state index in [1.54, 1.807) is 17.5 Å². The lowest BCUT2D eigenvalue weighted by Gasteiger charge is -2.20. The van der Waals surface area contributed by atoms with Crippen molar-refractivity contribution in [3.05, 3.63) is 57.2 Å². The van der Waals surface area contributed by atoms with Gasteiger partial charge in [-0.25, -0.2) is 8.42 Å². The Balaban J connectivity index is 2.59. The fraction of sp³-hybridized carbons (Fsp3) is 0.450. The fourth-order valence-electron chi connectivity index (χ4n) is 3.27. The minimum atomic E-state index is -3.61. The molecule has 0 aliphatic carbocycles. The first-order valence-electron chi connectivity index (χ1n) is 9.20. The molecule has 0 saturated heterocycles. The highest BCUT2D eigenvalue weighted by Gasteiger charge is 2.36. The number of allylic oxidation sites excluding steroid dienone is 2. The summed E-state index contributed by atoms with van der Waals surface area (Å²) in [6.07, 6.45) is 5.25. The first-order valence-corrected chi connectivity index (χ1v) is 12.0. The lowest BCUT2D eigenvalue weighted by atomic mass is 10.00. The van der Waals surface area contributed by atoms with E-state index in [0.29, 0.717) is 23.3 Å². The Morgan fingerprint density at radius 3 is 2.44 bits per heavy atom. The minimum Gasteiger partial charge on any atom is -0.261 e. The smallest absolute Gasteiger partial charge is 0.182 e. The molecule has 1 aromatic carbocycles. The maximum atomic E-state index is 13.4. The number of nitrogens with zero attached hydrogens (tertiary/aromatic N) is 2. The number of nitriles is 1. The second kappa shape index (κ2) is 9.98. The zero-order chi connectivity index (χ0) is 19.9. The van der Waals surface area contributed by atoms with E-state index in [1.807, 2.05) is 32.0 Å². The topological polar surface area (TPSA) is 90.5 Å². The summed E-state index contributed by atoms with van der Waals surface area (Å²) in [5, 5.41) is 20.3. The highest BCUT2D eigenvalue weighted by Crippen LogP contribution is 2.39. The third-order valence-corrected chi connectivity index (χ3v) is 8.59. The van der Waals surface area contributed by atoms with Crippen molar-refractivity contribution in [3.63, 3.8) is 0 Å². The molecular weight excluding hydrogens is 380 g/mol. The van der Waals surface area contributed by atoms with Crippen LogP contribution in [0.25, 0.3) is 0 Å². The predicted molar refractivity (Wildman–Crippen MR) is 110 cm³/mol. The second-order valence-electron chi connectivity index (χ2n) is 6.50. The van der Waals surface area contributed by atoms with Gasteiger partial charge in [0, 0.05) is 4.91 Å². The van der Waals surface area contributed by atoms with E-state index in [2.05, 4.69) is 10.6 Å². The van der Waals surface area contributed by atoms with Crippen molar-refractivity contribution >= 4 is 20.5 Å². The van der Waals surface area contributed by atoms with Crippen LogP contribution in [-0.4, -0.2) is 18.9 Å². The molecule has 3 atom stereocenters. The van der Waals surface area contributed by atoms with Gasteiger partial charge in [0.25, 0.3) is 0 Å². The van der Waals surface area contributed by atoms with E-state index in [4.69, 9.17) is 0 Å². The van der Waals surface area contributed by atoms with Crippen LogP contribution in [0, 0.1) is 11.3 Å². The molecule has 1 aromatic rings. The van der Waals surface area contributed by atoms with E-state index in [-0.39, 0.29) is 4.91 Å². The average Bonchev–Trinajstić information content (AvgIpc) is 3.11. The summed E-state index contributed by atoms with van der Waals surface area (Å²) < 4.78 is 30.2. The normalized spacial score (nSPS) is 19.3. The molecule has 0 spiro atoms. The third-order valence-electron chi connectivity index (χ3n) is 4.66. The van der Waals surface area contributed by atoms with Gasteiger partial charge in [-0.05, 0) is 40.6 Å². The van der Waals surface area contributed by atoms with Gasteiger partial charge in [-0.2, -0.15) is 5.26 Å². The predicted octanol–water partition coefficient (Wildman–Crippen LogP) is 5.00. The van der Waals surface area contributed by atoms with Crippen LogP contribution < -0.4 is 0 Å². The standard InChI is InChI=1S/C20H26N2O3S2/c1-3-5-12-17(9-4-2)27(24,25)19-13-14-26(22-23)20(19)18(15-21)16-10-7-6-8-11-16/h6-8,10-11,13-14,17-18,23H,3-5,9,12H2,1-2H3. The summed E-state index contributed by atoms with van der Waals surface area (Å²) in [7, 11) is -4.74. The van der Waals surface area contributed by atoms with Gasteiger partial charge in [0.2, 0.25) is 0 Å². The summed E-state index contributed by atoms with van der Waals surface area (Å²) >= 11 is 0. The maximum absolute atomic E-state index is 13.4. The Labute approximate surface area is 164 Å². The van der Waals surface area contributed by atoms with Crippen molar-refractivity contribution in [1.82, 2.24) is 0 Å². The summed E-state index contributed by atoms with van der Waals surface area (Å²) in [6.45, 7) is 4.02. The van der Waals surface area contributed by atoms with Crippen LogP contribution in [0.4, 0.5) is 0 Å². The van der Waals surface area contributed by atoms with Gasteiger partial charge < -0.3 is 0 Å². The summed E-state index contributed by atoms with van der Waals surface area (Å²) in [5.74, 6) is -0.765. The molecule has 1 N–H and O–H groups in total. The van der Waals surface area contributed by atoms with Crippen LogP contribution in [0.1, 0.15) is 57.4 Å². The number of hydrogen-bond donors (Lipinski definition) is 1. The van der Waals surface area contributed by atoms with Crippen LogP contribution >= 0.6 is 0 Å². The van der Waals surface area contributed by atoms with E-state index in [1.165, 1.54) is 6.08 Å². The van der Waals surface area contributed by atoms with E-state index in [9.17, 15) is 18.9 Å². The number of rotatable bonds is 9. The Morgan fingerprint density at radius 1 is 1.19 bits per heavy atom. The molecule has 1 aliphatic heterocycles. The van der Waals surface area contributed by atoms with Gasteiger partial charge >= 0.3 is 0 Å². The lowest BCUT2D eigenvalue weighted by molar-refractivity contribution is 0.329. The number of benzene rings is 1. The molecule has 1 aliphatic rings. The zero-order valence-electron chi connectivity index (χ0n) is 15.7. The molecule has 0 amide bonds. The van der Waals surface area contributed by atoms with Crippen molar-refractivity contribution in [2.75, 3.05) is 0 Å². The molecule has 2 rings (SSSR count). The minimum absolute atomic E-state index is 0.161.